The molecule has 25 heavy (non-hydrogen) atoms. The Bertz CT molecular complexity index is 803. The van der Waals surface area contributed by atoms with E-state index in [1.807, 2.05) is 54.6 Å². The SMILES string of the molecule is O=C(O)CCC(=O)N1N=C(c2ccc(Br)cc2)CC1c1ccccc1. The zero-order chi connectivity index (χ0) is 17.8. The summed E-state index contributed by atoms with van der Waals surface area (Å²) in [7, 11) is 0. The van der Waals surface area contributed by atoms with Crippen molar-refractivity contribution in [3.05, 3.63) is 70.2 Å². The van der Waals surface area contributed by atoms with Gasteiger partial charge in [0.25, 0.3) is 0 Å². The van der Waals surface area contributed by atoms with Crippen LogP contribution in [0.15, 0.2) is 64.2 Å². The van der Waals surface area contributed by atoms with Gasteiger partial charge in [0.1, 0.15) is 0 Å². The van der Waals surface area contributed by atoms with Crippen LogP contribution in [-0.2, 0) is 9.59 Å². The molecule has 1 heterocycles. The number of rotatable bonds is 5. The Morgan fingerprint density at radius 2 is 1.76 bits per heavy atom. The summed E-state index contributed by atoms with van der Waals surface area (Å²) < 4.78 is 0.976. The maximum absolute atomic E-state index is 12.5. The van der Waals surface area contributed by atoms with Crippen molar-refractivity contribution in [3.8, 4) is 0 Å². The molecule has 0 aliphatic carbocycles. The number of hydrazone groups is 1. The van der Waals surface area contributed by atoms with Crippen LogP contribution in [0.3, 0.4) is 0 Å². The number of carboxylic acids is 1. The molecule has 1 aliphatic rings. The van der Waals surface area contributed by atoms with E-state index < -0.39 is 5.97 Å². The fraction of sp³-hybridized carbons (Fsp3) is 0.211. The van der Waals surface area contributed by atoms with Crippen molar-refractivity contribution in [3.63, 3.8) is 0 Å². The van der Waals surface area contributed by atoms with Crippen LogP contribution in [0.25, 0.3) is 0 Å². The zero-order valence-electron chi connectivity index (χ0n) is 13.4. The van der Waals surface area contributed by atoms with Crippen molar-refractivity contribution >= 4 is 33.5 Å². The van der Waals surface area contributed by atoms with Crippen LogP contribution in [0.5, 0.6) is 0 Å². The standard InChI is InChI=1S/C19H17BrN2O3/c20-15-8-6-13(7-9-15)16-12-17(14-4-2-1-3-5-14)22(21-16)18(23)10-11-19(24)25/h1-9,17H,10-12H2,(H,24,25). The number of carbonyl (C=O) groups excluding carboxylic acids is 1. The number of halogens is 1. The lowest BCUT2D eigenvalue weighted by Crippen LogP contribution is -2.27. The first-order valence-electron chi connectivity index (χ1n) is 7.97. The summed E-state index contributed by atoms with van der Waals surface area (Å²) in [6.45, 7) is 0. The molecule has 0 radical (unpaired) electrons. The maximum atomic E-state index is 12.5. The normalized spacial score (nSPS) is 16.6. The van der Waals surface area contributed by atoms with E-state index in [2.05, 4.69) is 21.0 Å². The van der Waals surface area contributed by atoms with E-state index in [4.69, 9.17) is 5.11 Å². The minimum absolute atomic E-state index is 0.0597. The van der Waals surface area contributed by atoms with Gasteiger partial charge in [0.05, 0.1) is 18.2 Å². The van der Waals surface area contributed by atoms with Crippen LogP contribution >= 0.6 is 15.9 Å². The van der Waals surface area contributed by atoms with E-state index in [0.29, 0.717) is 6.42 Å². The first-order valence-corrected chi connectivity index (χ1v) is 8.76. The lowest BCUT2D eigenvalue weighted by atomic mass is 9.98. The fourth-order valence-corrected chi connectivity index (χ4v) is 3.08. The molecule has 0 fully saturated rings. The first-order chi connectivity index (χ1) is 12.0. The number of benzene rings is 2. The summed E-state index contributed by atoms with van der Waals surface area (Å²) in [5, 5.41) is 14.8. The molecule has 0 spiro atoms. The topological polar surface area (TPSA) is 70.0 Å². The van der Waals surface area contributed by atoms with E-state index >= 15 is 0 Å². The second-order valence-electron chi connectivity index (χ2n) is 5.82. The van der Waals surface area contributed by atoms with Crippen molar-refractivity contribution in [2.75, 3.05) is 0 Å². The molecule has 2 aromatic rings. The maximum Gasteiger partial charge on any atom is 0.303 e. The van der Waals surface area contributed by atoms with Gasteiger partial charge in [-0.05, 0) is 23.3 Å². The molecule has 1 atom stereocenters. The average molecular weight is 401 g/mol. The molecule has 3 rings (SSSR count). The van der Waals surface area contributed by atoms with Crippen LogP contribution in [0.2, 0.25) is 0 Å². The summed E-state index contributed by atoms with van der Waals surface area (Å²) in [6, 6.07) is 17.3. The number of carbonyl (C=O) groups is 2. The summed E-state index contributed by atoms with van der Waals surface area (Å²) in [5.74, 6) is -1.26. The van der Waals surface area contributed by atoms with Gasteiger partial charge in [-0.3, -0.25) is 9.59 Å². The Morgan fingerprint density at radius 1 is 1.08 bits per heavy atom. The van der Waals surface area contributed by atoms with E-state index in [1.165, 1.54) is 5.01 Å². The minimum Gasteiger partial charge on any atom is -0.481 e. The molecular formula is C19H17BrN2O3. The highest BCUT2D eigenvalue weighted by atomic mass is 79.9. The number of nitrogens with zero attached hydrogens (tertiary/aromatic N) is 2. The van der Waals surface area contributed by atoms with Gasteiger partial charge in [-0.1, -0.05) is 58.4 Å². The van der Waals surface area contributed by atoms with Crippen molar-refractivity contribution in [1.82, 2.24) is 5.01 Å². The Balaban J connectivity index is 1.88. The zero-order valence-corrected chi connectivity index (χ0v) is 15.0. The number of hydrogen-bond donors (Lipinski definition) is 1. The molecule has 1 amide bonds. The predicted molar refractivity (Wildman–Crippen MR) is 98.2 cm³/mol. The number of aliphatic carboxylic acids is 1. The first kappa shape index (κ1) is 17.4. The summed E-state index contributed by atoms with van der Waals surface area (Å²) in [6.07, 6.45) is 0.347. The Kier molecular flexibility index (Phi) is 5.28. The number of carboxylic acid groups (broad SMARTS) is 1. The van der Waals surface area contributed by atoms with E-state index in [9.17, 15) is 9.59 Å². The third-order valence-electron chi connectivity index (χ3n) is 4.08. The van der Waals surface area contributed by atoms with Gasteiger partial charge in [0, 0.05) is 17.3 Å². The second-order valence-corrected chi connectivity index (χ2v) is 6.73. The molecule has 1 N–H and O–H groups in total. The molecule has 6 heteroatoms. The van der Waals surface area contributed by atoms with E-state index in [0.717, 1.165) is 21.3 Å². The molecule has 128 valence electrons. The van der Waals surface area contributed by atoms with Gasteiger partial charge in [-0.25, -0.2) is 5.01 Å². The van der Waals surface area contributed by atoms with Crippen LogP contribution < -0.4 is 0 Å². The highest BCUT2D eigenvalue weighted by molar-refractivity contribution is 9.10. The van der Waals surface area contributed by atoms with Gasteiger partial charge in [-0.2, -0.15) is 5.10 Å². The lowest BCUT2D eigenvalue weighted by Gasteiger charge is -2.21. The summed E-state index contributed by atoms with van der Waals surface area (Å²) in [4.78, 5) is 23.3. The number of hydrogen-bond acceptors (Lipinski definition) is 3. The molecule has 0 bridgehead atoms. The number of amides is 1. The molecule has 5 nitrogen and oxygen atoms in total. The Hall–Kier alpha value is -2.47. The van der Waals surface area contributed by atoms with Crippen molar-refractivity contribution < 1.29 is 14.7 Å². The van der Waals surface area contributed by atoms with Gasteiger partial charge in [-0.15, -0.1) is 0 Å². The molecule has 1 unspecified atom stereocenters. The van der Waals surface area contributed by atoms with Crippen molar-refractivity contribution in [2.24, 2.45) is 5.10 Å². The molecule has 0 aromatic heterocycles. The summed E-state index contributed by atoms with van der Waals surface area (Å²) in [5.41, 5.74) is 2.77. The van der Waals surface area contributed by atoms with E-state index in [1.54, 1.807) is 0 Å². The van der Waals surface area contributed by atoms with Crippen molar-refractivity contribution in [2.45, 2.75) is 25.3 Å². The lowest BCUT2D eigenvalue weighted by molar-refractivity contribution is -0.141. The second kappa shape index (κ2) is 7.61. The van der Waals surface area contributed by atoms with Gasteiger partial charge < -0.3 is 5.11 Å². The van der Waals surface area contributed by atoms with E-state index in [-0.39, 0.29) is 24.8 Å². The average Bonchev–Trinajstić information content (AvgIpc) is 3.06. The third-order valence-corrected chi connectivity index (χ3v) is 4.61. The molecule has 2 aromatic carbocycles. The molecule has 0 saturated heterocycles. The van der Waals surface area contributed by atoms with Gasteiger partial charge in [0.15, 0.2) is 0 Å². The van der Waals surface area contributed by atoms with Gasteiger partial charge >= 0.3 is 5.97 Å². The largest absolute Gasteiger partial charge is 0.481 e. The smallest absolute Gasteiger partial charge is 0.303 e. The molecule has 0 saturated carbocycles. The molecular weight excluding hydrogens is 384 g/mol. The van der Waals surface area contributed by atoms with Crippen LogP contribution in [-0.4, -0.2) is 27.7 Å². The summed E-state index contributed by atoms with van der Waals surface area (Å²) >= 11 is 3.41. The third kappa shape index (κ3) is 4.14. The highest BCUT2D eigenvalue weighted by Crippen LogP contribution is 2.33. The molecule has 1 aliphatic heterocycles. The van der Waals surface area contributed by atoms with Gasteiger partial charge in [0.2, 0.25) is 5.91 Å². The highest BCUT2D eigenvalue weighted by Gasteiger charge is 2.32. The monoisotopic (exact) mass is 400 g/mol. The van der Waals surface area contributed by atoms with Crippen LogP contribution in [0.4, 0.5) is 0 Å². The van der Waals surface area contributed by atoms with Crippen LogP contribution in [0, 0.1) is 0 Å². The minimum atomic E-state index is -0.985. The predicted octanol–water partition coefficient (Wildman–Crippen LogP) is 3.99. The Morgan fingerprint density at radius 3 is 2.40 bits per heavy atom. The quantitative estimate of drug-likeness (QED) is 0.824. The Labute approximate surface area is 154 Å². The van der Waals surface area contributed by atoms with Crippen LogP contribution in [0.1, 0.15) is 36.4 Å². The van der Waals surface area contributed by atoms with Crippen molar-refractivity contribution in [1.29, 1.82) is 0 Å². The fourth-order valence-electron chi connectivity index (χ4n) is 2.82.